The molecule has 0 saturated heterocycles. The molecule has 162 valence electrons. The van der Waals surface area contributed by atoms with Gasteiger partial charge < -0.3 is 10.1 Å². The van der Waals surface area contributed by atoms with Gasteiger partial charge in [-0.2, -0.15) is 0 Å². The topological polar surface area (TPSA) is 69.0 Å². The Bertz CT molecular complexity index is 997. The summed E-state index contributed by atoms with van der Waals surface area (Å²) in [5, 5.41) is 12.2. The number of aryl methyl sites for hydroxylation is 2. The van der Waals surface area contributed by atoms with Gasteiger partial charge >= 0.3 is 0 Å². The molecule has 0 aliphatic rings. The molecular formula is C24H28N4O2S. The van der Waals surface area contributed by atoms with Gasteiger partial charge in [-0.3, -0.25) is 9.36 Å². The summed E-state index contributed by atoms with van der Waals surface area (Å²) in [7, 11) is 0. The molecule has 1 N–H and O–H groups in total. The Morgan fingerprint density at radius 1 is 1.13 bits per heavy atom. The summed E-state index contributed by atoms with van der Waals surface area (Å²) in [5.41, 5.74) is 3.36. The Morgan fingerprint density at radius 3 is 2.58 bits per heavy atom. The van der Waals surface area contributed by atoms with Crippen molar-refractivity contribution >= 4 is 17.7 Å². The molecule has 0 unspecified atom stereocenters. The number of amides is 1. The van der Waals surface area contributed by atoms with Crippen molar-refractivity contribution in [1.29, 1.82) is 0 Å². The summed E-state index contributed by atoms with van der Waals surface area (Å²) < 4.78 is 7.96. The van der Waals surface area contributed by atoms with E-state index in [1.807, 2.05) is 54.8 Å². The predicted molar refractivity (Wildman–Crippen MR) is 124 cm³/mol. The fourth-order valence-electron chi connectivity index (χ4n) is 3.18. The van der Waals surface area contributed by atoms with Gasteiger partial charge in [0.25, 0.3) is 0 Å². The quantitative estimate of drug-likeness (QED) is 0.362. The highest BCUT2D eigenvalue weighted by atomic mass is 32.2. The first-order chi connectivity index (χ1) is 15.1. The largest absolute Gasteiger partial charge is 0.485 e. The van der Waals surface area contributed by atoms with Crippen molar-refractivity contribution in [2.75, 3.05) is 12.3 Å². The van der Waals surface area contributed by atoms with Crippen molar-refractivity contribution in [3.8, 4) is 5.75 Å². The van der Waals surface area contributed by atoms with Crippen LogP contribution >= 0.6 is 11.8 Å². The van der Waals surface area contributed by atoms with Gasteiger partial charge in [0, 0.05) is 13.1 Å². The second kappa shape index (κ2) is 11.4. The van der Waals surface area contributed by atoms with Crippen LogP contribution in [0.5, 0.6) is 5.75 Å². The van der Waals surface area contributed by atoms with Crippen molar-refractivity contribution < 1.29 is 9.53 Å². The van der Waals surface area contributed by atoms with E-state index >= 15 is 0 Å². The maximum Gasteiger partial charge on any atom is 0.230 e. The minimum Gasteiger partial charge on any atom is -0.485 e. The molecule has 1 aromatic heterocycles. The smallest absolute Gasteiger partial charge is 0.230 e. The van der Waals surface area contributed by atoms with Crippen LogP contribution in [0.15, 0.2) is 66.3 Å². The lowest BCUT2D eigenvalue weighted by Crippen LogP contribution is -2.27. The van der Waals surface area contributed by atoms with Gasteiger partial charge in [0.1, 0.15) is 12.4 Å². The fraction of sp³-hybridized carbons (Fsp3) is 0.292. The van der Waals surface area contributed by atoms with Crippen LogP contribution in [0, 0.1) is 13.8 Å². The first-order valence-electron chi connectivity index (χ1n) is 10.2. The molecule has 7 heteroatoms. The summed E-state index contributed by atoms with van der Waals surface area (Å²) >= 11 is 1.36. The van der Waals surface area contributed by atoms with Crippen LogP contribution in [-0.2, 0) is 24.4 Å². The van der Waals surface area contributed by atoms with Gasteiger partial charge in [-0.05, 0) is 37.0 Å². The molecule has 0 aliphatic carbocycles. The lowest BCUT2D eigenvalue weighted by Gasteiger charge is -2.12. The average Bonchev–Trinajstić information content (AvgIpc) is 3.14. The lowest BCUT2D eigenvalue weighted by atomic mass is 10.1. The number of hydrogen-bond acceptors (Lipinski definition) is 5. The van der Waals surface area contributed by atoms with E-state index in [0.29, 0.717) is 30.7 Å². The molecule has 1 amide bonds. The first kappa shape index (κ1) is 22.6. The van der Waals surface area contributed by atoms with Crippen LogP contribution in [0.2, 0.25) is 0 Å². The minimum absolute atomic E-state index is 0.0255. The molecule has 31 heavy (non-hydrogen) atoms. The van der Waals surface area contributed by atoms with Gasteiger partial charge in [0.05, 0.1) is 5.75 Å². The van der Waals surface area contributed by atoms with Crippen LogP contribution in [0.25, 0.3) is 0 Å². The van der Waals surface area contributed by atoms with E-state index in [1.165, 1.54) is 17.3 Å². The van der Waals surface area contributed by atoms with E-state index in [1.54, 1.807) is 6.08 Å². The standard InChI is InChI=1S/C24H28N4O2S/c1-4-15-28-21(16-30-23-18(2)9-8-10-19(23)3)26-27-24(28)31-17-22(29)25-14-13-20-11-6-5-7-12-20/h4-12H,1,13-17H2,2-3H3,(H,25,29). The third-order valence-electron chi connectivity index (χ3n) is 4.77. The number of hydrogen-bond donors (Lipinski definition) is 1. The van der Waals surface area contributed by atoms with Gasteiger partial charge in [-0.25, -0.2) is 0 Å². The molecule has 3 rings (SSSR count). The van der Waals surface area contributed by atoms with Crippen molar-refractivity contribution in [3.05, 3.63) is 83.7 Å². The molecule has 2 aromatic carbocycles. The molecule has 0 spiro atoms. The number of carbonyl (C=O) groups excluding carboxylic acids is 1. The SMILES string of the molecule is C=CCn1c(COc2c(C)cccc2C)nnc1SCC(=O)NCCc1ccccc1. The summed E-state index contributed by atoms with van der Waals surface area (Å²) in [6, 6.07) is 16.2. The molecular weight excluding hydrogens is 408 g/mol. The van der Waals surface area contributed by atoms with Crippen molar-refractivity contribution in [1.82, 2.24) is 20.1 Å². The molecule has 6 nitrogen and oxygen atoms in total. The van der Waals surface area contributed by atoms with Gasteiger partial charge in [-0.15, -0.1) is 16.8 Å². The summed E-state index contributed by atoms with van der Waals surface area (Å²) in [6.07, 6.45) is 2.60. The predicted octanol–water partition coefficient (Wildman–Crippen LogP) is 4.11. The number of ether oxygens (including phenoxy) is 1. The van der Waals surface area contributed by atoms with Crippen LogP contribution in [0.3, 0.4) is 0 Å². The highest BCUT2D eigenvalue weighted by molar-refractivity contribution is 7.99. The second-order valence-electron chi connectivity index (χ2n) is 7.18. The van der Waals surface area contributed by atoms with Gasteiger partial charge in [-0.1, -0.05) is 66.4 Å². The molecule has 0 atom stereocenters. The highest BCUT2D eigenvalue weighted by Gasteiger charge is 2.15. The number of para-hydroxylation sites is 1. The molecule has 0 bridgehead atoms. The Morgan fingerprint density at radius 2 is 1.87 bits per heavy atom. The van der Waals surface area contributed by atoms with Crippen molar-refractivity contribution in [2.24, 2.45) is 0 Å². The zero-order valence-corrected chi connectivity index (χ0v) is 18.8. The maximum absolute atomic E-state index is 12.2. The maximum atomic E-state index is 12.2. The monoisotopic (exact) mass is 436 g/mol. The number of nitrogens with zero attached hydrogens (tertiary/aromatic N) is 3. The van der Waals surface area contributed by atoms with E-state index in [4.69, 9.17) is 4.74 Å². The number of allylic oxidation sites excluding steroid dienone is 1. The normalized spacial score (nSPS) is 10.6. The number of aromatic nitrogens is 3. The summed E-state index contributed by atoms with van der Waals surface area (Å²) in [5.74, 6) is 1.82. The van der Waals surface area contributed by atoms with E-state index in [9.17, 15) is 4.79 Å². The fourth-order valence-corrected chi connectivity index (χ4v) is 3.98. The number of nitrogens with one attached hydrogen (secondary N) is 1. The molecule has 0 aliphatic heterocycles. The van der Waals surface area contributed by atoms with Crippen LogP contribution in [0.4, 0.5) is 0 Å². The van der Waals surface area contributed by atoms with E-state index < -0.39 is 0 Å². The van der Waals surface area contributed by atoms with Gasteiger partial charge in [0.15, 0.2) is 11.0 Å². The first-order valence-corrected chi connectivity index (χ1v) is 11.2. The molecule has 0 fully saturated rings. The minimum atomic E-state index is -0.0255. The zero-order chi connectivity index (χ0) is 22.1. The zero-order valence-electron chi connectivity index (χ0n) is 18.0. The Hall–Kier alpha value is -3.06. The highest BCUT2D eigenvalue weighted by Crippen LogP contribution is 2.24. The second-order valence-corrected chi connectivity index (χ2v) is 8.12. The Labute approximate surface area is 187 Å². The number of rotatable bonds is 11. The molecule has 1 heterocycles. The number of carbonyl (C=O) groups is 1. The van der Waals surface area contributed by atoms with Crippen LogP contribution in [-0.4, -0.2) is 33.0 Å². The van der Waals surface area contributed by atoms with Crippen molar-refractivity contribution in [3.63, 3.8) is 0 Å². The number of benzene rings is 2. The lowest BCUT2D eigenvalue weighted by molar-refractivity contribution is -0.118. The van der Waals surface area contributed by atoms with Crippen molar-refractivity contribution in [2.45, 2.75) is 38.6 Å². The van der Waals surface area contributed by atoms with Gasteiger partial charge in [0.2, 0.25) is 5.91 Å². The number of thioether (sulfide) groups is 1. The van der Waals surface area contributed by atoms with Crippen LogP contribution < -0.4 is 10.1 Å². The molecule has 0 saturated carbocycles. The van der Waals surface area contributed by atoms with Crippen LogP contribution in [0.1, 0.15) is 22.5 Å². The third kappa shape index (κ3) is 6.46. The third-order valence-corrected chi connectivity index (χ3v) is 5.74. The average molecular weight is 437 g/mol. The van der Waals surface area contributed by atoms with E-state index in [0.717, 1.165) is 23.3 Å². The molecule has 0 radical (unpaired) electrons. The summed E-state index contributed by atoms with van der Waals surface area (Å²) in [6.45, 7) is 9.33. The van der Waals surface area contributed by atoms with E-state index in [2.05, 4.69) is 34.2 Å². The molecule has 3 aromatic rings. The summed E-state index contributed by atoms with van der Waals surface area (Å²) in [4.78, 5) is 12.2. The Kier molecular flexibility index (Phi) is 8.29. The Balaban J connectivity index is 1.54. The van der Waals surface area contributed by atoms with E-state index in [-0.39, 0.29) is 11.7 Å².